The standard InChI is InChI=1S/C18H22N2O2/c1-22-18-5-3-2-4-17(18)19-14-10-12-20(13-11-14)15-6-8-16(21)9-7-15/h2-9,14,19,21H,10-13H2,1H3. The molecule has 116 valence electrons. The minimum Gasteiger partial charge on any atom is -0.508 e. The van der Waals surface area contributed by atoms with E-state index in [9.17, 15) is 5.11 Å². The summed E-state index contributed by atoms with van der Waals surface area (Å²) in [6.45, 7) is 2.02. The van der Waals surface area contributed by atoms with Gasteiger partial charge < -0.3 is 20.1 Å². The number of phenolic OH excluding ortho intramolecular Hbond substituents is 1. The van der Waals surface area contributed by atoms with Gasteiger partial charge in [0.1, 0.15) is 11.5 Å². The molecule has 1 heterocycles. The first-order valence-electron chi connectivity index (χ1n) is 7.70. The third-order valence-corrected chi connectivity index (χ3v) is 4.18. The molecule has 0 radical (unpaired) electrons. The van der Waals surface area contributed by atoms with Crippen LogP contribution in [0.4, 0.5) is 11.4 Å². The van der Waals surface area contributed by atoms with Gasteiger partial charge in [-0.1, -0.05) is 12.1 Å². The maximum Gasteiger partial charge on any atom is 0.141 e. The molecule has 0 atom stereocenters. The molecule has 0 aromatic heterocycles. The van der Waals surface area contributed by atoms with Crippen LogP contribution in [0.2, 0.25) is 0 Å². The van der Waals surface area contributed by atoms with Crippen molar-refractivity contribution >= 4 is 11.4 Å². The smallest absolute Gasteiger partial charge is 0.141 e. The van der Waals surface area contributed by atoms with Crippen molar-refractivity contribution < 1.29 is 9.84 Å². The first-order valence-corrected chi connectivity index (χ1v) is 7.70. The monoisotopic (exact) mass is 298 g/mol. The summed E-state index contributed by atoms with van der Waals surface area (Å²) in [7, 11) is 1.70. The summed E-state index contributed by atoms with van der Waals surface area (Å²) in [5.41, 5.74) is 2.24. The third kappa shape index (κ3) is 3.27. The molecule has 1 saturated heterocycles. The molecule has 1 aliphatic heterocycles. The van der Waals surface area contributed by atoms with Crippen LogP contribution >= 0.6 is 0 Å². The lowest BCUT2D eigenvalue weighted by Gasteiger charge is -2.34. The van der Waals surface area contributed by atoms with Crippen LogP contribution in [0.25, 0.3) is 0 Å². The average Bonchev–Trinajstić information content (AvgIpc) is 2.57. The number of piperidine rings is 1. The summed E-state index contributed by atoms with van der Waals surface area (Å²) < 4.78 is 5.39. The van der Waals surface area contributed by atoms with Crippen LogP contribution in [0.15, 0.2) is 48.5 Å². The molecule has 0 saturated carbocycles. The Balaban J connectivity index is 1.59. The van der Waals surface area contributed by atoms with Crippen LogP contribution in [0.5, 0.6) is 11.5 Å². The Morgan fingerprint density at radius 3 is 2.41 bits per heavy atom. The normalized spacial score (nSPS) is 15.6. The van der Waals surface area contributed by atoms with Gasteiger partial charge in [0.05, 0.1) is 12.8 Å². The third-order valence-electron chi connectivity index (χ3n) is 4.18. The van der Waals surface area contributed by atoms with Crippen LogP contribution in [0.1, 0.15) is 12.8 Å². The molecule has 0 spiro atoms. The number of methoxy groups -OCH3 is 1. The average molecular weight is 298 g/mol. The van der Waals surface area contributed by atoms with Gasteiger partial charge in [-0.15, -0.1) is 0 Å². The van der Waals surface area contributed by atoms with Gasteiger partial charge in [0.25, 0.3) is 0 Å². The van der Waals surface area contributed by atoms with Gasteiger partial charge in [-0.25, -0.2) is 0 Å². The zero-order valence-corrected chi connectivity index (χ0v) is 12.8. The van der Waals surface area contributed by atoms with Gasteiger partial charge in [-0.3, -0.25) is 0 Å². The highest BCUT2D eigenvalue weighted by Gasteiger charge is 2.20. The SMILES string of the molecule is COc1ccccc1NC1CCN(c2ccc(O)cc2)CC1. The molecule has 1 aliphatic rings. The fraction of sp³-hybridized carbons (Fsp3) is 0.333. The second kappa shape index (κ2) is 6.60. The number of anilines is 2. The van der Waals surface area contributed by atoms with E-state index in [4.69, 9.17) is 4.74 Å². The number of ether oxygens (including phenoxy) is 1. The minimum atomic E-state index is 0.316. The van der Waals surface area contributed by atoms with Crippen molar-refractivity contribution in [2.45, 2.75) is 18.9 Å². The highest BCUT2D eigenvalue weighted by molar-refractivity contribution is 5.57. The van der Waals surface area contributed by atoms with Gasteiger partial charge in [0.15, 0.2) is 0 Å². The van der Waals surface area contributed by atoms with Crippen LogP contribution in [0, 0.1) is 0 Å². The molecule has 2 aromatic carbocycles. The van der Waals surface area contributed by atoms with E-state index in [2.05, 4.69) is 16.3 Å². The zero-order valence-electron chi connectivity index (χ0n) is 12.8. The summed E-state index contributed by atoms with van der Waals surface area (Å²) in [5, 5.41) is 13.0. The van der Waals surface area contributed by atoms with E-state index >= 15 is 0 Å². The van der Waals surface area contributed by atoms with Gasteiger partial charge in [-0.05, 0) is 49.2 Å². The van der Waals surface area contributed by atoms with Gasteiger partial charge in [0, 0.05) is 24.8 Å². The summed E-state index contributed by atoms with van der Waals surface area (Å²) >= 11 is 0. The lowest BCUT2D eigenvalue weighted by atomic mass is 10.0. The number of rotatable bonds is 4. The molecule has 3 rings (SSSR count). The number of benzene rings is 2. The van der Waals surface area contributed by atoms with Crippen molar-refractivity contribution in [1.29, 1.82) is 0 Å². The topological polar surface area (TPSA) is 44.7 Å². The first-order chi connectivity index (χ1) is 10.8. The second-order valence-electron chi connectivity index (χ2n) is 5.62. The second-order valence-corrected chi connectivity index (χ2v) is 5.62. The van der Waals surface area contributed by atoms with E-state index in [1.54, 1.807) is 19.2 Å². The Hall–Kier alpha value is -2.36. The molecule has 0 unspecified atom stereocenters. The highest BCUT2D eigenvalue weighted by atomic mass is 16.5. The van der Waals surface area contributed by atoms with Gasteiger partial charge >= 0.3 is 0 Å². The number of phenols is 1. The Morgan fingerprint density at radius 1 is 1.05 bits per heavy atom. The first kappa shape index (κ1) is 14.6. The lowest BCUT2D eigenvalue weighted by Crippen LogP contribution is -2.39. The Morgan fingerprint density at radius 2 is 1.73 bits per heavy atom. The van der Waals surface area contributed by atoms with Gasteiger partial charge in [-0.2, -0.15) is 0 Å². The molecule has 0 amide bonds. The van der Waals surface area contributed by atoms with Crippen LogP contribution in [-0.2, 0) is 0 Å². The van der Waals surface area contributed by atoms with E-state index in [0.717, 1.165) is 37.4 Å². The predicted octanol–water partition coefficient (Wildman–Crippen LogP) is 3.48. The maximum atomic E-state index is 9.37. The van der Waals surface area contributed by atoms with Crippen LogP contribution < -0.4 is 15.0 Å². The van der Waals surface area contributed by atoms with Crippen LogP contribution in [-0.4, -0.2) is 31.3 Å². The number of para-hydroxylation sites is 2. The Kier molecular flexibility index (Phi) is 4.37. The Bertz CT molecular complexity index is 605. The number of nitrogens with zero attached hydrogens (tertiary/aromatic N) is 1. The predicted molar refractivity (Wildman–Crippen MR) is 90.0 cm³/mol. The number of aromatic hydroxyl groups is 1. The van der Waals surface area contributed by atoms with Crippen molar-refractivity contribution in [2.75, 3.05) is 30.4 Å². The molecular formula is C18H22N2O2. The van der Waals surface area contributed by atoms with Crippen LogP contribution in [0.3, 0.4) is 0 Å². The molecular weight excluding hydrogens is 276 g/mol. The molecule has 0 aliphatic carbocycles. The highest BCUT2D eigenvalue weighted by Crippen LogP contribution is 2.27. The molecule has 4 nitrogen and oxygen atoms in total. The summed E-state index contributed by atoms with van der Waals surface area (Å²) in [4.78, 5) is 2.36. The number of hydrogen-bond acceptors (Lipinski definition) is 4. The largest absolute Gasteiger partial charge is 0.508 e. The van der Waals surface area contributed by atoms with E-state index < -0.39 is 0 Å². The number of hydrogen-bond donors (Lipinski definition) is 2. The quantitative estimate of drug-likeness (QED) is 0.907. The van der Waals surface area contributed by atoms with Crippen molar-refractivity contribution in [3.63, 3.8) is 0 Å². The summed E-state index contributed by atoms with van der Waals surface area (Å²) in [6, 6.07) is 16.0. The molecule has 22 heavy (non-hydrogen) atoms. The van der Waals surface area contributed by atoms with E-state index in [1.165, 1.54) is 5.69 Å². The van der Waals surface area contributed by atoms with E-state index in [1.807, 2.05) is 30.3 Å². The fourth-order valence-corrected chi connectivity index (χ4v) is 2.93. The number of nitrogens with one attached hydrogen (secondary N) is 1. The molecule has 1 fully saturated rings. The van der Waals surface area contributed by atoms with Crippen molar-refractivity contribution in [3.8, 4) is 11.5 Å². The van der Waals surface area contributed by atoms with Crippen molar-refractivity contribution in [2.24, 2.45) is 0 Å². The summed E-state index contributed by atoms with van der Waals surface area (Å²) in [5.74, 6) is 1.21. The fourth-order valence-electron chi connectivity index (χ4n) is 2.93. The minimum absolute atomic E-state index is 0.316. The summed E-state index contributed by atoms with van der Waals surface area (Å²) in [6.07, 6.45) is 2.16. The van der Waals surface area contributed by atoms with Gasteiger partial charge in [0.2, 0.25) is 0 Å². The van der Waals surface area contributed by atoms with Crippen molar-refractivity contribution in [1.82, 2.24) is 0 Å². The lowest BCUT2D eigenvalue weighted by molar-refractivity contribution is 0.415. The molecule has 2 aromatic rings. The molecule has 2 N–H and O–H groups in total. The zero-order chi connectivity index (χ0) is 15.4. The molecule has 0 bridgehead atoms. The Labute approximate surface area is 131 Å². The maximum absolute atomic E-state index is 9.37. The van der Waals surface area contributed by atoms with Crippen molar-refractivity contribution in [3.05, 3.63) is 48.5 Å². The van der Waals surface area contributed by atoms with E-state index in [0.29, 0.717) is 11.8 Å². The molecule has 4 heteroatoms. The van der Waals surface area contributed by atoms with E-state index in [-0.39, 0.29) is 0 Å².